The van der Waals surface area contributed by atoms with Crippen LogP contribution in [0.25, 0.3) is 0 Å². The Hall–Kier alpha value is -1.53. The number of nitrogens with one attached hydrogen (secondary N) is 1. The highest BCUT2D eigenvalue weighted by atomic mass is 16.5. The molecule has 1 aliphatic carbocycles. The van der Waals surface area contributed by atoms with Crippen LogP contribution in [0.2, 0.25) is 0 Å². The number of methoxy groups -OCH3 is 1. The molecule has 0 heterocycles. The third kappa shape index (κ3) is 2.78. The van der Waals surface area contributed by atoms with E-state index in [1.807, 2.05) is 6.07 Å². The molecule has 90 valence electrons. The quantitative estimate of drug-likeness (QED) is 0.808. The molecule has 1 N–H and O–H groups in total. The lowest BCUT2D eigenvalue weighted by Crippen LogP contribution is -2.25. The predicted octanol–water partition coefficient (Wildman–Crippen LogP) is 2.58. The zero-order chi connectivity index (χ0) is 12.1. The maximum Gasteiger partial charge on any atom is 0.119 e. The third-order valence-corrected chi connectivity index (χ3v) is 3.29. The minimum atomic E-state index is 0.401. The van der Waals surface area contributed by atoms with Gasteiger partial charge in [-0.05, 0) is 42.5 Å². The molecule has 3 heteroatoms. The molecule has 0 bridgehead atoms. The van der Waals surface area contributed by atoms with Gasteiger partial charge in [0.15, 0.2) is 0 Å². The molecule has 2 rings (SSSR count). The smallest absolute Gasteiger partial charge is 0.119 e. The molecule has 0 saturated heterocycles. The number of rotatable bonds is 4. The largest absolute Gasteiger partial charge is 0.497 e. The predicted molar refractivity (Wildman–Crippen MR) is 66.9 cm³/mol. The second-order valence-electron chi connectivity index (χ2n) is 4.37. The Labute approximate surface area is 102 Å². The minimum Gasteiger partial charge on any atom is -0.497 e. The van der Waals surface area contributed by atoms with Gasteiger partial charge in [-0.3, -0.25) is 0 Å². The van der Waals surface area contributed by atoms with Gasteiger partial charge in [-0.25, -0.2) is 0 Å². The molecule has 0 aromatic heterocycles. The van der Waals surface area contributed by atoms with E-state index in [0.29, 0.717) is 12.5 Å². The molecule has 0 saturated carbocycles. The number of nitriles is 1. The maximum atomic E-state index is 8.55. The van der Waals surface area contributed by atoms with Crippen molar-refractivity contribution in [3.63, 3.8) is 0 Å². The first-order chi connectivity index (χ1) is 8.35. The highest BCUT2D eigenvalue weighted by Gasteiger charge is 2.19. The lowest BCUT2D eigenvalue weighted by atomic mass is 9.87. The van der Waals surface area contributed by atoms with E-state index in [-0.39, 0.29) is 0 Å². The summed E-state index contributed by atoms with van der Waals surface area (Å²) in [6.07, 6.45) is 4.06. The van der Waals surface area contributed by atoms with Crippen molar-refractivity contribution >= 4 is 0 Å². The van der Waals surface area contributed by atoms with Crippen molar-refractivity contribution in [3.8, 4) is 11.8 Å². The minimum absolute atomic E-state index is 0.401. The molecular formula is C14H18N2O. The summed E-state index contributed by atoms with van der Waals surface area (Å²) in [4.78, 5) is 0. The number of ether oxygens (including phenoxy) is 1. The molecule has 3 nitrogen and oxygen atoms in total. The third-order valence-electron chi connectivity index (χ3n) is 3.29. The monoisotopic (exact) mass is 230 g/mol. The van der Waals surface area contributed by atoms with Crippen LogP contribution in [0.5, 0.6) is 5.75 Å². The molecule has 1 aliphatic rings. The molecule has 1 aromatic rings. The molecule has 1 aromatic carbocycles. The van der Waals surface area contributed by atoms with Crippen LogP contribution in [0, 0.1) is 11.3 Å². The highest BCUT2D eigenvalue weighted by molar-refractivity contribution is 5.39. The number of benzene rings is 1. The van der Waals surface area contributed by atoms with Crippen LogP contribution in [-0.2, 0) is 6.42 Å². The van der Waals surface area contributed by atoms with Gasteiger partial charge in [-0.1, -0.05) is 6.07 Å². The topological polar surface area (TPSA) is 45.0 Å². The van der Waals surface area contributed by atoms with Crippen LogP contribution in [0.3, 0.4) is 0 Å². The van der Waals surface area contributed by atoms with Gasteiger partial charge in [0.1, 0.15) is 5.75 Å². The molecule has 1 atom stereocenters. The van der Waals surface area contributed by atoms with Gasteiger partial charge in [0.25, 0.3) is 0 Å². The lowest BCUT2D eigenvalue weighted by Gasteiger charge is -2.26. The number of fused-ring (bicyclic) bond motifs is 1. The number of hydrogen-bond acceptors (Lipinski definition) is 3. The summed E-state index contributed by atoms with van der Waals surface area (Å²) in [6.45, 7) is 0.770. The molecule has 0 amide bonds. The van der Waals surface area contributed by atoms with Crippen molar-refractivity contribution in [1.29, 1.82) is 5.26 Å². The first-order valence-corrected chi connectivity index (χ1v) is 6.12. The van der Waals surface area contributed by atoms with Crippen LogP contribution in [0.4, 0.5) is 0 Å². The Morgan fingerprint density at radius 2 is 2.41 bits per heavy atom. The second-order valence-corrected chi connectivity index (χ2v) is 4.37. The summed E-state index contributed by atoms with van der Waals surface area (Å²) in [7, 11) is 1.70. The van der Waals surface area contributed by atoms with Crippen molar-refractivity contribution in [3.05, 3.63) is 29.3 Å². The standard InChI is InChI=1S/C14H18N2O/c1-17-12-6-7-13-11(10-12)4-2-5-14(13)16-9-3-8-15/h6-7,10,14,16H,2-5,9H2,1H3. The number of nitrogens with zero attached hydrogens (tertiary/aromatic N) is 1. The average molecular weight is 230 g/mol. The average Bonchev–Trinajstić information content (AvgIpc) is 2.38. The summed E-state index contributed by atoms with van der Waals surface area (Å²) < 4.78 is 5.25. The van der Waals surface area contributed by atoms with Crippen molar-refractivity contribution in [2.45, 2.75) is 31.7 Å². The van der Waals surface area contributed by atoms with Crippen molar-refractivity contribution < 1.29 is 4.74 Å². The summed E-state index contributed by atoms with van der Waals surface area (Å²) in [5.74, 6) is 0.932. The SMILES string of the molecule is COc1ccc2c(c1)CCCC2NCCC#N. The van der Waals surface area contributed by atoms with Gasteiger partial charge < -0.3 is 10.1 Å². The first-order valence-electron chi connectivity index (χ1n) is 6.12. The molecule has 0 fully saturated rings. The molecule has 0 spiro atoms. The Morgan fingerprint density at radius 1 is 1.53 bits per heavy atom. The molecule has 0 aliphatic heterocycles. The molecular weight excluding hydrogens is 212 g/mol. The zero-order valence-electron chi connectivity index (χ0n) is 10.2. The molecule has 1 unspecified atom stereocenters. The molecule has 17 heavy (non-hydrogen) atoms. The maximum absolute atomic E-state index is 8.55. The fraction of sp³-hybridized carbons (Fsp3) is 0.500. The Balaban J connectivity index is 2.11. The highest BCUT2D eigenvalue weighted by Crippen LogP contribution is 2.31. The van der Waals surface area contributed by atoms with Gasteiger partial charge in [0.2, 0.25) is 0 Å². The van der Waals surface area contributed by atoms with Crippen LogP contribution < -0.4 is 10.1 Å². The zero-order valence-corrected chi connectivity index (χ0v) is 10.2. The van der Waals surface area contributed by atoms with Crippen LogP contribution >= 0.6 is 0 Å². The van der Waals surface area contributed by atoms with Gasteiger partial charge in [-0.15, -0.1) is 0 Å². The van der Waals surface area contributed by atoms with E-state index >= 15 is 0 Å². The van der Waals surface area contributed by atoms with Crippen LogP contribution in [-0.4, -0.2) is 13.7 Å². The van der Waals surface area contributed by atoms with Crippen molar-refractivity contribution in [1.82, 2.24) is 5.32 Å². The number of hydrogen-bond donors (Lipinski definition) is 1. The molecule has 0 radical (unpaired) electrons. The first kappa shape index (κ1) is 11.9. The van der Waals surface area contributed by atoms with E-state index in [1.54, 1.807) is 7.11 Å². The van der Waals surface area contributed by atoms with E-state index in [2.05, 4.69) is 23.5 Å². The van der Waals surface area contributed by atoms with E-state index < -0.39 is 0 Å². The van der Waals surface area contributed by atoms with Gasteiger partial charge in [-0.2, -0.15) is 5.26 Å². The summed E-state index contributed by atoms with van der Waals surface area (Å²) in [5.41, 5.74) is 2.75. The summed E-state index contributed by atoms with van der Waals surface area (Å²) in [6, 6.07) is 8.87. The Morgan fingerprint density at radius 3 is 3.18 bits per heavy atom. The number of aryl methyl sites for hydroxylation is 1. The fourth-order valence-electron chi connectivity index (χ4n) is 2.43. The van der Waals surface area contributed by atoms with E-state index in [1.165, 1.54) is 17.5 Å². The van der Waals surface area contributed by atoms with Gasteiger partial charge >= 0.3 is 0 Å². The fourth-order valence-corrected chi connectivity index (χ4v) is 2.43. The Kier molecular flexibility index (Phi) is 4.00. The van der Waals surface area contributed by atoms with Crippen LogP contribution in [0.1, 0.15) is 36.4 Å². The van der Waals surface area contributed by atoms with E-state index in [0.717, 1.165) is 25.1 Å². The summed E-state index contributed by atoms with van der Waals surface area (Å²) >= 11 is 0. The van der Waals surface area contributed by atoms with E-state index in [9.17, 15) is 0 Å². The lowest BCUT2D eigenvalue weighted by molar-refractivity contribution is 0.411. The normalized spacial score (nSPS) is 18.2. The summed E-state index contributed by atoms with van der Waals surface area (Å²) in [5, 5.41) is 12.0. The van der Waals surface area contributed by atoms with Crippen LogP contribution in [0.15, 0.2) is 18.2 Å². The van der Waals surface area contributed by atoms with Gasteiger partial charge in [0.05, 0.1) is 13.2 Å². The second kappa shape index (κ2) is 5.70. The van der Waals surface area contributed by atoms with Crippen molar-refractivity contribution in [2.24, 2.45) is 0 Å². The van der Waals surface area contributed by atoms with Gasteiger partial charge in [0, 0.05) is 19.0 Å². The van der Waals surface area contributed by atoms with E-state index in [4.69, 9.17) is 10.00 Å². The Bertz CT molecular complexity index is 423. The van der Waals surface area contributed by atoms with Crippen molar-refractivity contribution in [2.75, 3.05) is 13.7 Å².